The maximum atomic E-state index is 10.9. The zero-order valence-corrected chi connectivity index (χ0v) is 12.5. The highest BCUT2D eigenvalue weighted by Gasteiger charge is 2.01. The van der Waals surface area contributed by atoms with E-state index in [4.69, 9.17) is 4.74 Å². The lowest BCUT2D eigenvalue weighted by Gasteiger charge is -2.10. The third kappa shape index (κ3) is 7.11. The maximum absolute atomic E-state index is 10.9. The first-order valence-corrected chi connectivity index (χ1v) is 6.76. The van der Waals surface area contributed by atoms with E-state index in [0.29, 0.717) is 5.75 Å². The zero-order chi connectivity index (χ0) is 14.8. The first-order chi connectivity index (χ1) is 9.61. The molecular weight excluding hydrogens is 256 g/mol. The van der Waals surface area contributed by atoms with Gasteiger partial charge in [-0.3, -0.25) is 0 Å². The van der Waals surface area contributed by atoms with Gasteiger partial charge in [0.15, 0.2) is 6.61 Å². The first kappa shape index (κ1) is 16.5. The second kappa shape index (κ2) is 9.34. The molecule has 0 saturated carbocycles. The van der Waals surface area contributed by atoms with Crippen molar-refractivity contribution in [3.8, 4) is 5.75 Å². The summed E-state index contributed by atoms with van der Waals surface area (Å²) >= 11 is 0. The maximum Gasteiger partial charge on any atom is 0.343 e. The van der Waals surface area contributed by atoms with Gasteiger partial charge in [0.2, 0.25) is 0 Å². The average molecular weight is 280 g/mol. The van der Waals surface area contributed by atoms with Gasteiger partial charge in [-0.15, -0.1) is 0 Å². The van der Waals surface area contributed by atoms with Crippen molar-refractivity contribution in [2.45, 2.75) is 13.0 Å². The van der Waals surface area contributed by atoms with Crippen LogP contribution in [0.4, 0.5) is 0 Å². The van der Waals surface area contributed by atoms with E-state index in [9.17, 15) is 4.79 Å². The molecule has 0 atom stereocenters. The number of nitrogens with zero attached hydrogens (tertiary/aromatic N) is 1. The monoisotopic (exact) mass is 280 g/mol. The van der Waals surface area contributed by atoms with Crippen LogP contribution >= 0.6 is 0 Å². The van der Waals surface area contributed by atoms with E-state index in [-0.39, 0.29) is 12.6 Å². The van der Waals surface area contributed by atoms with Crippen LogP contribution < -0.4 is 10.1 Å². The number of nitrogens with one attached hydrogen (secondary N) is 1. The molecule has 1 aromatic rings. The third-order valence-electron chi connectivity index (χ3n) is 2.80. The SMILES string of the molecule is COC(=O)COc1ccc(CNCCCN(C)C)cc1. The van der Waals surface area contributed by atoms with E-state index in [1.54, 1.807) is 0 Å². The number of hydrogen-bond donors (Lipinski definition) is 1. The van der Waals surface area contributed by atoms with Crippen LogP contribution in [0.1, 0.15) is 12.0 Å². The number of carbonyl (C=O) groups excluding carboxylic acids is 1. The molecule has 0 radical (unpaired) electrons. The molecule has 5 heteroatoms. The van der Waals surface area contributed by atoms with E-state index in [1.165, 1.54) is 12.7 Å². The fourth-order valence-electron chi connectivity index (χ4n) is 1.66. The first-order valence-electron chi connectivity index (χ1n) is 6.76. The molecule has 1 N–H and O–H groups in total. The third-order valence-corrected chi connectivity index (χ3v) is 2.80. The molecule has 0 aliphatic rings. The number of ether oxygens (including phenoxy) is 2. The largest absolute Gasteiger partial charge is 0.482 e. The molecule has 5 nitrogen and oxygen atoms in total. The van der Waals surface area contributed by atoms with Gasteiger partial charge in [-0.2, -0.15) is 0 Å². The van der Waals surface area contributed by atoms with Crippen molar-refractivity contribution in [1.29, 1.82) is 0 Å². The molecule has 0 fully saturated rings. The van der Waals surface area contributed by atoms with Crippen molar-refractivity contribution in [2.24, 2.45) is 0 Å². The lowest BCUT2D eigenvalue weighted by molar-refractivity contribution is -0.142. The normalized spacial score (nSPS) is 10.6. The molecular formula is C15H24N2O3. The van der Waals surface area contributed by atoms with Gasteiger partial charge < -0.3 is 19.7 Å². The highest BCUT2D eigenvalue weighted by Crippen LogP contribution is 2.12. The Hall–Kier alpha value is -1.59. The number of carbonyl (C=O) groups is 1. The topological polar surface area (TPSA) is 50.8 Å². The molecule has 20 heavy (non-hydrogen) atoms. The van der Waals surface area contributed by atoms with Crippen molar-refractivity contribution in [2.75, 3.05) is 40.9 Å². The Labute approximate surface area is 120 Å². The van der Waals surface area contributed by atoms with Gasteiger partial charge in [0.1, 0.15) is 5.75 Å². The molecule has 0 heterocycles. The Balaban J connectivity index is 2.23. The van der Waals surface area contributed by atoms with Gasteiger partial charge in [-0.1, -0.05) is 12.1 Å². The molecule has 1 aromatic carbocycles. The van der Waals surface area contributed by atoms with Crippen LogP contribution in [0.15, 0.2) is 24.3 Å². The Kier molecular flexibility index (Phi) is 7.69. The van der Waals surface area contributed by atoms with Crippen LogP contribution in [0, 0.1) is 0 Å². The fourth-order valence-corrected chi connectivity index (χ4v) is 1.66. The predicted octanol–water partition coefficient (Wildman–Crippen LogP) is 1.28. The fraction of sp³-hybridized carbons (Fsp3) is 0.533. The van der Waals surface area contributed by atoms with Crippen molar-refractivity contribution in [3.05, 3.63) is 29.8 Å². The van der Waals surface area contributed by atoms with E-state index in [0.717, 1.165) is 26.1 Å². The molecule has 0 unspecified atom stereocenters. The number of esters is 1. The number of methoxy groups -OCH3 is 1. The Morgan fingerprint density at radius 2 is 1.95 bits per heavy atom. The molecule has 0 aliphatic heterocycles. The van der Waals surface area contributed by atoms with E-state index >= 15 is 0 Å². The predicted molar refractivity (Wildman–Crippen MR) is 78.8 cm³/mol. The summed E-state index contributed by atoms with van der Waals surface area (Å²) in [5, 5.41) is 3.39. The van der Waals surface area contributed by atoms with Crippen LogP contribution in [-0.4, -0.2) is 51.8 Å². The highest BCUT2D eigenvalue weighted by atomic mass is 16.6. The number of rotatable bonds is 9. The zero-order valence-electron chi connectivity index (χ0n) is 12.5. The standard InChI is InChI=1S/C15H24N2O3/c1-17(2)10-4-9-16-11-13-5-7-14(8-6-13)20-12-15(18)19-3/h5-8,16H,4,9-12H2,1-3H3. The van der Waals surface area contributed by atoms with Crippen LogP contribution in [0.2, 0.25) is 0 Å². The quantitative estimate of drug-likeness (QED) is 0.545. The summed E-state index contributed by atoms with van der Waals surface area (Å²) in [5.41, 5.74) is 1.19. The minimum Gasteiger partial charge on any atom is -0.482 e. The summed E-state index contributed by atoms with van der Waals surface area (Å²) < 4.78 is 9.79. The molecule has 112 valence electrons. The van der Waals surface area contributed by atoms with E-state index in [1.807, 2.05) is 24.3 Å². The van der Waals surface area contributed by atoms with Crippen LogP contribution in [0.5, 0.6) is 5.75 Å². The van der Waals surface area contributed by atoms with Gasteiger partial charge in [0.25, 0.3) is 0 Å². The van der Waals surface area contributed by atoms with Crippen LogP contribution in [-0.2, 0) is 16.1 Å². The summed E-state index contributed by atoms with van der Waals surface area (Å²) in [7, 11) is 5.50. The van der Waals surface area contributed by atoms with Crippen LogP contribution in [0.25, 0.3) is 0 Å². The second-order valence-electron chi connectivity index (χ2n) is 4.84. The summed E-state index contributed by atoms with van der Waals surface area (Å²) in [6, 6.07) is 7.71. The number of benzene rings is 1. The number of hydrogen-bond acceptors (Lipinski definition) is 5. The van der Waals surface area contributed by atoms with Gasteiger partial charge >= 0.3 is 5.97 Å². The van der Waals surface area contributed by atoms with Gasteiger partial charge in [0, 0.05) is 6.54 Å². The Bertz CT molecular complexity index is 391. The van der Waals surface area contributed by atoms with Crippen molar-refractivity contribution in [3.63, 3.8) is 0 Å². The summed E-state index contributed by atoms with van der Waals surface area (Å²) in [4.78, 5) is 13.1. The van der Waals surface area contributed by atoms with Gasteiger partial charge in [-0.05, 0) is 51.3 Å². The summed E-state index contributed by atoms with van der Waals surface area (Å²) in [6.45, 7) is 2.87. The second-order valence-corrected chi connectivity index (χ2v) is 4.84. The Morgan fingerprint density at radius 3 is 2.55 bits per heavy atom. The van der Waals surface area contributed by atoms with Crippen molar-refractivity contribution in [1.82, 2.24) is 10.2 Å². The molecule has 0 aliphatic carbocycles. The molecule has 1 rings (SSSR count). The molecule has 0 saturated heterocycles. The molecule has 0 spiro atoms. The molecule has 0 amide bonds. The lowest BCUT2D eigenvalue weighted by atomic mass is 10.2. The van der Waals surface area contributed by atoms with Gasteiger partial charge in [0.05, 0.1) is 7.11 Å². The summed E-state index contributed by atoms with van der Waals surface area (Å²) in [5.74, 6) is 0.295. The minimum atomic E-state index is -0.378. The minimum absolute atomic E-state index is 0.0569. The van der Waals surface area contributed by atoms with E-state index in [2.05, 4.69) is 29.0 Å². The average Bonchev–Trinajstić information content (AvgIpc) is 2.45. The van der Waals surface area contributed by atoms with Gasteiger partial charge in [-0.25, -0.2) is 4.79 Å². The Morgan fingerprint density at radius 1 is 1.25 bits per heavy atom. The summed E-state index contributed by atoms with van der Waals surface area (Å²) in [6.07, 6.45) is 1.13. The van der Waals surface area contributed by atoms with E-state index < -0.39 is 0 Å². The smallest absolute Gasteiger partial charge is 0.343 e. The molecule has 0 bridgehead atoms. The van der Waals surface area contributed by atoms with Crippen molar-refractivity contribution < 1.29 is 14.3 Å². The highest BCUT2D eigenvalue weighted by molar-refractivity contribution is 5.70. The molecule has 0 aromatic heterocycles. The van der Waals surface area contributed by atoms with Crippen LogP contribution in [0.3, 0.4) is 0 Å². The van der Waals surface area contributed by atoms with Crippen molar-refractivity contribution >= 4 is 5.97 Å². The lowest BCUT2D eigenvalue weighted by Crippen LogP contribution is -2.20.